The maximum Gasteiger partial charge on any atom is 0.315 e. The zero-order valence-electron chi connectivity index (χ0n) is 12.4. The van der Waals surface area contributed by atoms with E-state index in [2.05, 4.69) is 25.6 Å². The van der Waals surface area contributed by atoms with Crippen molar-refractivity contribution in [1.82, 2.24) is 30.2 Å². The Bertz CT molecular complexity index is 740. The molecule has 3 heterocycles. The summed E-state index contributed by atoms with van der Waals surface area (Å²) in [7, 11) is 0. The molecule has 0 aliphatic rings. The molecule has 3 rings (SSSR count). The highest BCUT2D eigenvalue weighted by Gasteiger charge is 2.02. The average molecular weight is 308 g/mol. The number of nitrogens with zero attached hydrogens (tertiary/aromatic N) is 4. The third-order valence-electron chi connectivity index (χ3n) is 3.23. The van der Waals surface area contributed by atoms with Gasteiger partial charge in [-0.25, -0.2) is 14.8 Å². The Morgan fingerprint density at radius 2 is 1.74 bits per heavy atom. The van der Waals surface area contributed by atoms with Crippen molar-refractivity contribution in [2.24, 2.45) is 0 Å². The first-order chi connectivity index (χ1) is 11.3. The average Bonchev–Trinajstić information content (AvgIpc) is 3.14. The van der Waals surface area contributed by atoms with Crippen LogP contribution in [-0.2, 0) is 13.1 Å². The largest absolute Gasteiger partial charge is 0.334 e. The van der Waals surface area contributed by atoms with Crippen LogP contribution in [0.25, 0.3) is 5.82 Å². The summed E-state index contributed by atoms with van der Waals surface area (Å²) in [5.41, 5.74) is 1.93. The number of amides is 2. The topological polar surface area (TPSA) is 84.7 Å². The molecule has 3 aromatic heterocycles. The highest BCUT2D eigenvalue weighted by molar-refractivity contribution is 5.73. The predicted molar refractivity (Wildman–Crippen MR) is 84.7 cm³/mol. The molecule has 0 saturated carbocycles. The first kappa shape index (κ1) is 14.7. The van der Waals surface area contributed by atoms with Crippen molar-refractivity contribution in [3.8, 4) is 5.82 Å². The van der Waals surface area contributed by atoms with E-state index >= 15 is 0 Å². The summed E-state index contributed by atoms with van der Waals surface area (Å²) < 4.78 is 1.82. The number of hydrogen-bond acceptors (Lipinski definition) is 4. The summed E-state index contributed by atoms with van der Waals surface area (Å²) in [4.78, 5) is 24.0. The highest BCUT2D eigenvalue weighted by Crippen LogP contribution is 2.05. The summed E-state index contributed by atoms with van der Waals surface area (Å²) in [6.45, 7) is 0.881. The summed E-state index contributed by atoms with van der Waals surface area (Å²) in [6, 6.07) is 7.30. The molecule has 0 spiro atoms. The highest BCUT2D eigenvalue weighted by atomic mass is 16.2. The quantitative estimate of drug-likeness (QED) is 0.751. The molecule has 0 atom stereocenters. The summed E-state index contributed by atoms with van der Waals surface area (Å²) in [6.07, 6.45) is 10.3. The number of rotatable bonds is 5. The monoisotopic (exact) mass is 308 g/mol. The van der Waals surface area contributed by atoms with Crippen molar-refractivity contribution in [2.75, 3.05) is 0 Å². The van der Waals surface area contributed by atoms with Crippen LogP contribution in [0.4, 0.5) is 4.79 Å². The van der Waals surface area contributed by atoms with Gasteiger partial charge in [0.2, 0.25) is 0 Å². The van der Waals surface area contributed by atoms with E-state index in [1.807, 2.05) is 35.0 Å². The molecule has 0 fully saturated rings. The van der Waals surface area contributed by atoms with Gasteiger partial charge in [0.25, 0.3) is 0 Å². The zero-order chi connectivity index (χ0) is 15.9. The Balaban J connectivity index is 1.47. The first-order valence-corrected chi connectivity index (χ1v) is 7.15. The molecule has 0 unspecified atom stereocenters. The van der Waals surface area contributed by atoms with Crippen molar-refractivity contribution in [3.63, 3.8) is 0 Å². The van der Waals surface area contributed by atoms with Gasteiger partial charge in [-0.05, 0) is 29.3 Å². The molecule has 2 N–H and O–H groups in total. The Morgan fingerprint density at radius 1 is 0.957 bits per heavy atom. The second-order valence-electron chi connectivity index (χ2n) is 4.89. The van der Waals surface area contributed by atoms with E-state index in [9.17, 15) is 4.79 Å². The Labute approximate surface area is 133 Å². The van der Waals surface area contributed by atoms with E-state index in [1.165, 1.54) is 0 Å². The van der Waals surface area contributed by atoms with Crippen LogP contribution in [-0.4, -0.2) is 25.6 Å². The minimum Gasteiger partial charge on any atom is -0.334 e. The zero-order valence-corrected chi connectivity index (χ0v) is 12.4. The molecule has 0 bridgehead atoms. The lowest BCUT2D eigenvalue weighted by Crippen LogP contribution is -2.34. The van der Waals surface area contributed by atoms with Crippen molar-refractivity contribution in [1.29, 1.82) is 0 Å². The van der Waals surface area contributed by atoms with Gasteiger partial charge < -0.3 is 10.6 Å². The fraction of sp³-hybridized carbons (Fsp3) is 0.125. The smallest absolute Gasteiger partial charge is 0.315 e. The van der Waals surface area contributed by atoms with Gasteiger partial charge in [0.05, 0.1) is 0 Å². The lowest BCUT2D eigenvalue weighted by molar-refractivity contribution is 0.240. The molecule has 116 valence electrons. The van der Waals surface area contributed by atoms with Gasteiger partial charge in [-0.2, -0.15) is 0 Å². The molecule has 0 aliphatic carbocycles. The number of carbonyl (C=O) groups excluding carboxylic acids is 1. The second kappa shape index (κ2) is 7.17. The molecule has 2 amide bonds. The van der Waals surface area contributed by atoms with Crippen LogP contribution in [0, 0.1) is 0 Å². The molecular weight excluding hydrogens is 292 g/mol. The summed E-state index contributed by atoms with van der Waals surface area (Å²) >= 11 is 0. The normalized spacial score (nSPS) is 10.3. The van der Waals surface area contributed by atoms with Crippen LogP contribution in [0.1, 0.15) is 11.1 Å². The molecule has 0 aromatic carbocycles. The van der Waals surface area contributed by atoms with Crippen LogP contribution in [0.5, 0.6) is 0 Å². The van der Waals surface area contributed by atoms with Gasteiger partial charge >= 0.3 is 6.03 Å². The lowest BCUT2D eigenvalue weighted by atomic mass is 10.2. The first-order valence-electron chi connectivity index (χ1n) is 7.15. The van der Waals surface area contributed by atoms with Gasteiger partial charge in [-0.3, -0.25) is 9.55 Å². The maximum absolute atomic E-state index is 11.8. The number of imidazole rings is 1. The number of aromatic nitrogens is 4. The van der Waals surface area contributed by atoms with Crippen LogP contribution in [0.15, 0.2) is 61.6 Å². The standard InChI is InChI=1S/C16H16N6O/c23-16(20-9-13-3-5-17-6-4-13)21-11-14-1-2-15(19-10-14)22-8-7-18-12-22/h1-8,10,12H,9,11H2,(H2,20,21,23). The number of hydrogen-bond donors (Lipinski definition) is 2. The number of pyridine rings is 2. The van der Waals surface area contributed by atoms with E-state index < -0.39 is 0 Å². The number of nitrogens with one attached hydrogen (secondary N) is 2. The number of urea groups is 1. The number of carbonyl (C=O) groups is 1. The molecule has 7 heteroatoms. The molecule has 0 aliphatic heterocycles. The van der Waals surface area contributed by atoms with Gasteiger partial charge in [-0.15, -0.1) is 0 Å². The Hall–Kier alpha value is -3.22. The molecule has 0 radical (unpaired) electrons. The Kier molecular flexibility index (Phi) is 4.58. The third kappa shape index (κ3) is 4.13. The minimum absolute atomic E-state index is 0.222. The van der Waals surface area contributed by atoms with Crippen molar-refractivity contribution in [2.45, 2.75) is 13.1 Å². The third-order valence-corrected chi connectivity index (χ3v) is 3.23. The van der Waals surface area contributed by atoms with E-state index in [1.54, 1.807) is 31.1 Å². The maximum atomic E-state index is 11.8. The summed E-state index contributed by atoms with van der Waals surface area (Å²) in [5, 5.41) is 5.59. The van der Waals surface area contributed by atoms with Crippen molar-refractivity contribution < 1.29 is 4.79 Å². The lowest BCUT2D eigenvalue weighted by Gasteiger charge is -2.08. The molecule has 7 nitrogen and oxygen atoms in total. The SMILES string of the molecule is O=C(NCc1ccncc1)NCc1ccc(-n2ccnc2)nc1. The molecule has 23 heavy (non-hydrogen) atoms. The van der Waals surface area contributed by atoms with E-state index in [4.69, 9.17) is 0 Å². The fourth-order valence-corrected chi connectivity index (χ4v) is 2.00. The van der Waals surface area contributed by atoms with Gasteiger partial charge in [-0.1, -0.05) is 6.07 Å². The van der Waals surface area contributed by atoms with Crippen LogP contribution < -0.4 is 10.6 Å². The van der Waals surface area contributed by atoms with Gasteiger partial charge in [0.1, 0.15) is 12.1 Å². The van der Waals surface area contributed by atoms with Crippen molar-refractivity contribution >= 4 is 6.03 Å². The van der Waals surface area contributed by atoms with Gasteiger partial charge in [0, 0.05) is 44.1 Å². The predicted octanol–water partition coefficient (Wildman–Crippen LogP) is 1.66. The Morgan fingerprint density at radius 3 is 2.39 bits per heavy atom. The molecule has 0 saturated heterocycles. The van der Waals surface area contributed by atoms with Gasteiger partial charge in [0.15, 0.2) is 0 Å². The van der Waals surface area contributed by atoms with Crippen molar-refractivity contribution in [3.05, 3.63) is 72.7 Å². The van der Waals surface area contributed by atoms with E-state index in [0.29, 0.717) is 13.1 Å². The summed E-state index contributed by atoms with van der Waals surface area (Å²) in [5.74, 6) is 0.786. The minimum atomic E-state index is -0.222. The van der Waals surface area contributed by atoms with Crippen LogP contribution in [0.2, 0.25) is 0 Å². The van der Waals surface area contributed by atoms with E-state index in [0.717, 1.165) is 16.9 Å². The van der Waals surface area contributed by atoms with Crippen LogP contribution >= 0.6 is 0 Å². The fourth-order valence-electron chi connectivity index (χ4n) is 2.00. The van der Waals surface area contributed by atoms with Crippen LogP contribution in [0.3, 0.4) is 0 Å². The van der Waals surface area contributed by atoms with E-state index in [-0.39, 0.29) is 6.03 Å². The molecular formula is C16H16N6O. The molecule has 3 aromatic rings. The second-order valence-corrected chi connectivity index (χ2v) is 4.89.